The van der Waals surface area contributed by atoms with Gasteiger partial charge in [0, 0.05) is 0 Å². The molecular weight excluding hydrogens is 675 g/mol. The molecule has 8 aromatic rings. The summed E-state index contributed by atoms with van der Waals surface area (Å²) in [7, 11) is 0. The van der Waals surface area contributed by atoms with Crippen molar-refractivity contribution in [2.24, 2.45) is 0 Å². The van der Waals surface area contributed by atoms with Crippen molar-refractivity contribution in [3.8, 4) is 33.4 Å². The van der Waals surface area contributed by atoms with E-state index in [1.165, 1.54) is 76.7 Å². The second-order valence-electron chi connectivity index (χ2n) is 14.9. The van der Waals surface area contributed by atoms with Crippen LogP contribution in [0.2, 0.25) is 0 Å². The summed E-state index contributed by atoms with van der Waals surface area (Å²) in [6.45, 7) is 4.75. The Morgan fingerprint density at radius 3 is 1.47 bits per heavy atom. The van der Waals surface area contributed by atoms with Crippen molar-refractivity contribution in [1.29, 1.82) is 0 Å². The van der Waals surface area contributed by atoms with Gasteiger partial charge >= 0.3 is 303 Å². The molecule has 1 aliphatic carbocycles. The Labute approximate surface area is 301 Å². The van der Waals surface area contributed by atoms with Gasteiger partial charge in [-0.15, -0.1) is 0 Å². The minimum atomic E-state index is -3.35. The Hall–Kier alpha value is -5.64. The molecule has 0 radical (unpaired) electrons. The van der Waals surface area contributed by atoms with Crippen molar-refractivity contribution in [1.82, 2.24) is 0 Å². The zero-order valence-electron chi connectivity index (χ0n) is 28.7. The van der Waals surface area contributed by atoms with E-state index in [0.717, 1.165) is 0 Å². The van der Waals surface area contributed by atoms with Gasteiger partial charge in [-0.1, -0.05) is 0 Å². The van der Waals surface area contributed by atoms with Crippen LogP contribution < -0.4 is 22.5 Å². The van der Waals surface area contributed by atoms with Gasteiger partial charge in [0.25, 0.3) is 0 Å². The van der Waals surface area contributed by atoms with Crippen LogP contribution in [0.3, 0.4) is 0 Å². The summed E-state index contributed by atoms with van der Waals surface area (Å²) in [4.78, 5) is 2.51. The standard InChI is InChI=1S/C49H35GeN/c1-49(2)43-19-9-5-15-37(43)38-27-25-35(30-44(38)49)51(34-24-23-32-13-3-4-14-33(32)29-34)36-26-28-42-41-18-8-12-22-47(41)50(48(42)31-36)45-20-10-6-16-39(45)40-17-7-11-21-46(40)50/h3-31H,1-2H3. The van der Waals surface area contributed by atoms with Crippen molar-refractivity contribution in [2.75, 3.05) is 4.90 Å². The van der Waals surface area contributed by atoms with Gasteiger partial charge in [-0.3, -0.25) is 0 Å². The van der Waals surface area contributed by atoms with E-state index in [4.69, 9.17) is 0 Å². The third-order valence-electron chi connectivity index (χ3n) is 12.1. The second-order valence-corrected chi connectivity index (χ2v) is 22.6. The predicted molar refractivity (Wildman–Crippen MR) is 218 cm³/mol. The fourth-order valence-electron chi connectivity index (χ4n) is 9.82. The Balaban J connectivity index is 1.18. The van der Waals surface area contributed by atoms with Crippen LogP contribution in [0.5, 0.6) is 0 Å². The van der Waals surface area contributed by atoms with E-state index in [9.17, 15) is 0 Å². The van der Waals surface area contributed by atoms with Crippen LogP contribution in [0.25, 0.3) is 44.2 Å². The summed E-state index contributed by atoms with van der Waals surface area (Å²) in [5.41, 5.74) is 14.6. The molecule has 0 saturated heterocycles. The van der Waals surface area contributed by atoms with Crippen LogP contribution in [0.4, 0.5) is 17.1 Å². The monoisotopic (exact) mass is 711 g/mol. The Morgan fingerprint density at radius 2 is 0.804 bits per heavy atom. The van der Waals surface area contributed by atoms with Gasteiger partial charge in [0.15, 0.2) is 0 Å². The van der Waals surface area contributed by atoms with Gasteiger partial charge in [0.1, 0.15) is 0 Å². The molecule has 1 spiro atoms. The fourth-order valence-corrected chi connectivity index (χ4v) is 21.6. The maximum absolute atomic E-state index is 3.35. The van der Waals surface area contributed by atoms with Gasteiger partial charge in [-0.25, -0.2) is 0 Å². The van der Waals surface area contributed by atoms with E-state index >= 15 is 0 Å². The molecule has 0 N–H and O–H groups in total. The van der Waals surface area contributed by atoms with Crippen molar-refractivity contribution in [3.05, 3.63) is 187 Å². The van der Waals surface area contributed by atoms with Gasteiger partial charge in [-0.05, 0) is 0 Å². The zero-order valence-corrected chi connectivity index (χ0v) is 30.8. The van der Waals surface area contributed by atoms with Crippen LogP contribution in [0.1, 0.15) is 25.0 Å². The van der Waals surface area contributed by atoms with Crippen molar-refractivity contribution in [3.63, 3.8) is 0 Å². The summed E-state index contributed by atoms with van der Waals surface area (Å²) in [5.74, 6) is 0. The molecule has 0 fully saturated rings. The van der Waals surface area contributed by atoms with Crippen LogP contribution in [0.15, 0.2) is 176 Å². The van der Waals surface area contributed by atoms with E-state index in [-0.39, 0.29) is 5.41 Å². The molecule has 0 saturated carbocycles. The maximum atomic E-state index is 2.58. The SMILES string of the molecule is CC1(C)c2ccccc2-c2ccc(N(c3ccc4[c](c3)[Ge]3([c]5ccccc5-c5cccc[c]53)[c]3ccccc3-4)c3ccc4ccccc4c3)cc21. The number of hydrogen-bond donors (Lipinski definition) is 0. The number of nitrogens with zero attached hydrogens (tertiary/aromatic N) is 1. The van der Waals surface area contributed by atoms with E-state index in [1.807, 2.05) is 0 Å². The Bertz CT molecular complexity index is 2690. The average molecular weight is 710 g/mol. The summed E-state index contributed by atoms with van der Waals surface area (Å²) >= 11 is -3.35. The van der Waals surface area contributed by atoms with Crippen LogP contribution in [-0.4, -0.2) is 13.3 Å². The number of fused-ring (bicyclic) bond motifs is 14. The molecule has 2 heteroatoms. The fraction of sp³-hybridized carbons (Fsp3) is 0.0612. The van der Waals surface area contributed by atoms with Gasteiger partial charge < -0.3 is 0 Å². The molecule has 3 aliphatic rings. The zero-order chi connectivity index (χ0) is 33.9. The van der Waals surface area contributed by atoms with Crippen molar-refractivity contribution >= 4 is 58.7 Å². The van der Waals surface area contributed by atoms with Crippen LogP contribution >= 0.6 is 0 Å². The first-order valence-electron chi connectivity index (χ1n) is 18.0. The summed E-state index contributed by atoms with van der Waals surface area (Å²) in [6.07, 6.45) is 0. The Kier molecular flexibility index (Phi) is 5.97. The molecule has 240 valence electrons. The molecule has 11 rings (SSSR count). The summed E-state index contributed by atoms with van der Waals surface area (Å²) in [6, 6.07) is 66.9. The predicted octanol–water partition coefficient (Wildman–Crippen LogP) is 9.95. The van der Waals surface area contributed by atoms with Gasteiger partial charge in [0.2, 0.25) is 0 Å². The van der Waals surface area contributed by atoms with E-state index in [0.29, 0.717) is 0 Å². The molecule has 0 amide bonds. The molecule has 51 heavy (non-hydrogen) atoms. The van der Waals surface area contributed by atoms with E-state index in [2.05, 4.69) is 195 Å². The van der Waals surface area contributed by atoms with Crippen LogP contribution in [0, 0.1) is 0 Å². The molecule has 0 atom stereocenters. The average Bonchev–Trinajstić information content (AvgIpc) is 3.73. The molecular formula is C49H35GeN. The van der Waals surface area contributed by atoms with Crippen molar-refractivity contribution in [2.45, 2.75) is 19.3 Å². The Morgan fingerprint density at radius 1 is 0.353 bits per heavy atom. The third-order valence-corrected chi connectivity index (χ3v) is 22.4. The van der Waals surface area contributed by atoms with Gasteiger partial charge in [-0.2, -0.15) is 0 Å². The van der Waals surface area contributed by atoms with E-state index < -0.39 is 13.3 Å². The second kappa shape index (κ2) is 10.4. The first-order chi connectivity index (χ1) is 25.0. The molecule has 0 bridgehead atoms. The molecule has 1 nitrogen and oxygen atoms in total. The molecule has 0 unspecified atom stereocenters. The number of anilines is 3. The first kappa shape index (κ1) is 29.1. The topological polar surface area (TPSA) is 3.24 Å². The summed E-state index contributed by atoms with van der Waals surface area (Å²) < 4.78 is 6.19. The first-order valence-corrected chi connectivity index (χ1v) is 22.2. The summed E-state index contributed by atoms with van der Waals surface area (Å²) in [5, 5.41) is 2.50. The normalized spacial score (nSPS) is 14.8. The number of hydrogen-bond acceptors (Lipinski definition) is 1. The molecule has 2 aliphatic heterocycles. The van der Waals surface area contributed by atoms with Gasteiger partial charge in [0.05, 0.1) is 0 Å². The molecule has 0 aromatic heterocycles. The minimum absolute atomic E-state index is 0.0900. The van der Waals surface area contributed by atoms with E-state index in [1.54, 1.807) is 13.2 Å². The quantitative estimate of drug-likeness (QED) is 0.165. The molecule has 8 aromatic carbocycles. The number of rotatable bonds is 3. The number of benzene rings is 8. The third kappa shape index (κ3) is 3.82. The van der Waals surface area contributed by atoms with Crippen LogP contribution in [-0.2, 0) is 5.41 Å². The molecule has 2 heterocycles. The van der Waals surface area contributed by atoms with Crippen molar-refractivity contribution < 1.29 is 0 Å².